The maximum Gasteiger partial charge on any atom is 0.207 e. The van der Waals surface area contributed by atoms with Crippen LogP contribution in [0.3, 0.4) is 0 Å². The van der Waals surface area contributed by atoms with Gasteiger partial charge in [-0.15, -0.1) is 0 Å². The van der Waals surface area contributed by atoms with E-state index in [1.807, 2.05) is 0 Å². The maximum absolute atomic E-state index is 7.18. The highest BCUT2D eigenvalue weighted by molar-refractivity contribution is 6.81. The van der Waals surface area contributed by atoms with E-state index < -0.39 is 8.32 Å². The fraction of sp³-hybridized carbons (Fsp3) is 1.00. The Hall–Kier alpha value is 0.177. The summed E-state index contributed by atoms with van der Waals surface area (Å²) in [6, 6.07) is 0. The minimum atomic E-state index is -1.91. The van der Waals surface area contributed by atoms with Gasteiger partial charge >= 0.3 is 0 Å². The van der Waals surface area contributed by atoms with Crippen LogP contribution in [0.15, 0.2) is 0 Å². The van der Waals surface area contributed by atoms with Crippen LogP contribution >= 0.6 is 0 Å². The topological polar surface area (TPSA) is 9.23 Å². The van der Waals surface area contributed by atoms with Crippen molar-refractivity contribution < 1.29 is 4.43 Å². The van der Waals surface area contributed by atoms with Gasteiger partial charge in [0, 0.05) is 0 Å². The Kier molecular flexibility index (Phi) is 4.94. The standard InChI is InChI=1S/C18H38OSi/c1-11-18(12-2)13-15(14(3)4)20(19-18,16(5,6)7)17(8,9)10/h14-15H,11-13H2,1-10H3/t15-/m0/s1. The molecule has 1 rings (SSSR count). The molecule has 1 aliphatic heterocycles. The van der Waals surface area contributed by atoms with Crippen molar-refractivity contribution in [3.8, 4) is 0 Å². The monoisotopic (exact) mass is 298 g/mol. The Morgan fingerprint density at radius 1 is 1.00 bits per heavy atom. The molecule has 0 spiro atoms. The van der Waals surface area contributed by atoms with Gasteiger partial charge in [0.2, 0.25) is 8.32 Å². The zero-order valence-electron chi connectivity index (χ0n) is 15.7. The third kappa shape index (κ3) is 2.63. The van der Waals surface area contributed by atoms with E-state index in [0.29, 0.717) is 0 Å². The van der Waals surface area contributed by atoms with E-state index in [-0.39, 0.29) is 15.7 Å². The van der Waals surface area contributed by atoms with Crippen molar-refractivity contribution in [1.29, 1.82) is 0 Å². The Balaban J connectivity index is 3.47. The van der Waals surface area contributed by atoms with Gasteiger partial charge in [0.15, 0.2) is 0 Å². The lowest BCUT2D eigenvalue weighted by Crippen LogP contribution is -2.57. The summed E-state index contributed by atoms with van der Waals surface area (Å²) in [7, 11) is -1.91. The molecule has 0 aromatic rings. The number of hydrogen-bond donors (Lipinski definition) is 0. The summed E-state index contributed by atoms with van der Waals surface area (Å²) in [5, 5.41) is 0.568. The summed E-state index contributed by atoms with van der Waals surface area (Å²) in [6.07, 6.45) is 3.60. The number of rotatable bonds is 3. The van der Waals surface area contributed by atoms with Crippen molar-refractivity contribution >= 4 is 8.32 Å². The maximum atomic E-state index is 7.18. The molecular weight excluding hydrogens is 260 g/mol. The molecule has 2 heteroatoms. The zero-order chi connectivity index (χ0) is 16.0. The molecule has 0 aromatic carbocycles. The summed E-state index contributed by atoms with van der Waals surface area (Å²) in [5.41, 5.74) is 0.907. The minimum Gasteiger partial charge on any atom is -0.410 e. The van der Waals surface area contributed by atoms with Gasteiger partial charge in [-0.25, -0.2) is 0 Å². The van der Waals surface area contributed by atoms with Gasteiger partial charge in [0.25, 0.3) is 0 Å². The largest absolute Gasteiger partial charge is 0.410 e. The molecule has 20 heavy (non-hydrogen) atoms. The lowest BCUT2D eigenvalue weighted by atomic mass is 9.89. The van der Waals surface area contributed by atoms with Gasteiger partial charge in [-0.1, -0.05) is 69.2 Å². The van der Waals surface area contributed by atoms with E-state index in [1.54, 1.807) is 0 Å². The van der Waals surface area contributed by atoms with Gasteiger partial charge in [-0.05, 0) is 40.8 Å². The average molecular weight is 299 g/mol. The fourth-order valence-corrected chi connectivity index (χ4v) is 12.8. The van der Waals surface area contributed by atoms with Crippen molar-refractivity contribution in [2.75, 3.05) is 0 Å². The fourth-order valence-electron chi connectivity index (χ4n) is 4.94. The van der Waals surface area contributed by atoms with Crippen LogP contribution in [-0.4, -0.2) is 13.9 Å². The SMILES string of the molecule is CCC1(CC)C[C@@H](C(C)C)[Si](C(C)(C)C)(C(C)(C)C)O1. The summed E-state index contributed by atoms with van der Waals surface area (Å²) in [6.45, 7) is 24.0. The third-order valence-electron chi connectivity index (χ3n) is 5.81. The Morgan fingerprint density at radius 2 is 1.40 bits per heavy atom. The molecule has 120 valence electrons. The smallest absolute Gasteiger partial charge is 0.207 e. The zero-order valence-corrected chi connectivity index (χ0v) is 16.7. The van der Waals surface area contributed by atoms with Crippen LogP contribution in [0.25, 0.3) is 0 Å². The molecule has 0 bridgehead atoms. The molecule has 0 saturated carbocycles. The highest BCUT2D eigenvalue weighted by Gasteiger charge is 2.67. The molecule has 0 amide bonds. The van der Waals surface area contributed by atoms with Crippen molar-refractivity contribution in [1.82, 2.24) is 0 Å². The molecular formula is C18H38OSi. The van der Waals surface area contributed by atoms with Crippen molar-refractivity contribution in [2.45, 2.75) is 110 Å². The lowest BCUT2D eigenvalue weighted by molar-refractivity contribution is 0.0622. The van der Waals surface area contributed by atoms with Crippen LogP contribution in [-0.2, 0) is 4.43 Å². The first-order chi connectivity index (χ1) is 8.87. The van der Waals surface area contributed by atoms with Crippen molar-refractivity contribution in [2.24, 2.45) is 5.92 Å². The van der Waals surface area contributed by atoms with Gasteiger partial charge in [-0.2, -0.15) is 0 Å². The minimum absolute atomic E-state index is 0.141. The van der Waals surface area contributed by atoms with Crippen LogP contribution in [0.1, 0.15) is 88.5 Å². The second-order valence-corrected chi connectivity index (χ2v) is 14.7. The predicted octanol–water partition coefficient (Wildman–Crippen LogP) is 6.54. The second-order valence-electron chi connectivity index (χ2n) is 9.28. The van der Waals surface area contributed by atoms with Crippen LogP contribution < -0.4 is 0 Å². The third-order valence-corrected chi connectivity index (χ3v) is 12.9. The van der Waals surface area contributed by atoms with Crippen LogP contribution in [0, 0.1) is 5.92 Å². The molecule has 0 radical (unpaired) electrons. The first kappa shape index (κ1) is 18.2. The summed E-state index contributed by atoms with van der Waals surface area (Å²) in [5.74, 6) is 0.722. The molecule has 0 N–H and O–H groups in total. The van der Waals surface area contributed by atoms with Crippen LogP contribution in [0.2, 0.25) is 15.6 Å². The van der Waals surface area contributed by atoms with E-state index in [0.717, 1.165) is 24.3 Å². The lowest BCUT2D eigenvalue weighted by Gasteiger charge is -2.53. The molecule has 0 aliphatic carbocycles. The van der Waals surface area contributed by atoms with Gasteiger partial charge < -0.3 is 4.43 Å². The van der Waals surface area contributed by atoms with E-state index in [1.165, 1.54) is 6.42 Å². The summed E-state index contributed by atoms with van der Waals surface area (Å²) in [4.78, 5) is 0. The first-order valence-electron chi connectivity index (χ1n) is 8.57. The average Bonchev–Trinajstić information content (AvgIpc) is 2.65. The van der Waals surface area contributed by atoms with Crippen LogP contribution in [0.4, 0.5) is 0 Å². The van der Waals surface area contributed by atoms with E-state index in [4.69, 9.17) is 4.43 Å². The van der Waals surface area contributed by atoms with Crippen molar-refractivity contribution in [3.05, 3.63) is 0 Å². The highest BCUT2D eigenvalue weighted by Crippen LogP contribution is 2.66. The quantitative estimate of drug-likeness (QED) is 0.538. The Labute approximate surface area is 129 Å². The Bertz CT molecular complexity index is 314. The van der Waals surface area contributed by atoms with Crippen LogP contribution in [0.5, 0.6) is 0 Å². The summed E-state index contributed by atoms with van der Waals surface area (Å²) >= 11 is 0. The molecule has 1 aliphatic rings. The van der Waals surface area contributed by atoms with E-state index in [2.05, 4.69) is 69.2 Å². The molecule has 1 nitrogen and oxygen atoms in total. The molecule has 1 atom stereocenters. The predicted molar refractivity (Wildman–Crippen MR) is 92.8 cm³/mol. The normalized spacial score (nSPS) is 26.2. The van der Waals surface area contributed by atoms with Crippen molar-refractivity contribution in [3.63, 3.8) is 0 Å². The molecule has 0 aromatic heterocycles. The molecule has 1 saturated heterocycles. The second kappa shape index (κ2) is 5.42. The molecule has 1 heterocycles. The Morgan fingerprint density at radius 3 is 1.60 bits per heavy atom. The molecule has 0 unspecified atom stereocenters. The number of hydrogen-bond acceptors (Lipinski definition) is 1. The summed E-state index contributed by atoms with van der Waals surface area (Å²) < 4.78 is 7.18. The van der Waals surface area contributed by atoms with E-state index >= 15 is 0 Å². The molecule has 1 fully saturated rings. The highest BCUT2D eigenvalue weighted by atomic mass is 28.4. The van der Waals surface area contributed by atoms with E-state index in [9.17, 15) is 0 Å². The van der Waals surface area contributed by atoms with Gasteiger partial charge in [0.1, 0.15) is 0 Å². The van der Waals surface area contributed by atoms with Gasteiger partial charge in [-0.3, -0.25) is 0 Å². The first-order valence-corrected chi connectivity index (χ1v) is 10.6. The van der Waals surface area contributed by atoms with Gasteiger partial charge in [0.05, 0.1) is 5.60 Å².